The number of hydrogen-bond acceptors (Lipinski definition) is 3. The quantitative estimate of drug-likeness (QED) is 0.754. The predicted octanol–water partition coefficient (Wildman–Crippen LogP) is 0.595. The SMILES string of the molecule is Cn1nnc2cccc(CC(=O)O)c21. The molecule has 0 bridgehead atoms. The number of rotatable bonds is 2. The monoisotopic (exact) mass is 191 g/mol. The van der Waals surface area contributed by atoms with E-state index in [0.29, 0.717) is 0 Å². The highest BCUT2D eigenvalue weighted by Gasteiger charge is 2.09. The largest absolute Gasteiger partial charge is 0.481 e. The van der Waals surface area contributed by atoms with E-state index in [2.05, 4.69) is 10.3 Å². The van der Waals surface area contributed by atoms with Gasteiger partial charge in [0.05, 0.1) is 11.9 Å². The Bertz CT molecular complexity index is 490. The van der Waals surface area contributed by atoms with Crippen LogP contribution in [-0.4, -0.2) is 26.1 Å². The number of fused-ring (bicyclic) bond motifs is 1. The van der Waals surface area contributed by atoms with E-state index in [-0.39, 0.29) is 6.42 Å². The summed E-state index contributed by atoms with van der Waals surface area (Å²) in [5.74, 6) is -0.848. The molecule has 0 amide bonds. The van der Waals surface area contributed by atoms with Crippen molar-refractivity contribution >= 4 is 17.0 Å². The third-order valence-electron chi connectivity index (χ3n) is 2.05. The van der Waals surface area contributed by atoms with Crippen molar-refractivity contribution in [3.63, 3.8) is 0 Å². The highest BCUT2D eigenvalue weighted by Crippen LogP contribution is 2.15. The molecule has 2 aromatic rings. The molecular weight excluding hydrogens is 182 g/mol. The van der Waals surface area contributed by atoms with Gasteiger partial charge in [-0.3, -0.25) is 4.79 Å². The fourth-order valence-corrected chi connectivity index (χ4v) is 1.50. The Labute approximate surface area is 80.0 Å². The zero-order valence-electron chi connectivity index (χ0n) is 7.64. The summed E-state index contributed by atoms with van der Waals surface area (Å²) in [4.78, 5) is 10.6. The molecule has 2 rings (SSSR count). The molecule has 1 aromatic carbocycles. The van der Waals surface area contributed by atoms with Gasteiger partial charge in [0.1, 0.15) is 5.52 Å². The minimum absolute atomic E-state index is 0.00144. The predicted molar refractivity (Wildman–Crippen MR) is 49.8 cm³/mol. The van der Waals surface area contributed by atoms with Crippen LogP contribution in [0, 0.1) is 0 Å². The van der Waals surface area contributed by atoms with Crippen LogP contribution < -0.4 is 0 Å². The lowest BCUT2D eigenvalue weighted by atomic mass is 10.1. The van der Waals surface area contributed by atoms with Gasteiger partial charge in [-0.1, -0.05) is 17.3 Å². The molecule has 0 aliphatic heterocycles. The Balaban J connectivity index is 2.63. The Kier molecular flexibility index (Phi) is 1.92. The second-order valence-electron chi connectivity index (χ2n) is 3.07. The van der Waals surface area contributed by atoms with Gasteiger partial charge in [-0.25, -0.2) is 4.68 Å². The molecule has 1 N–H and O–H groups in total. The number of carboxylic acids is 1. The maximum atomic E-state index is 10.6. The van der Waals surface area contributed by atoms with Crippen LogP contribution in [0.1, 0.15) is 5.56 Å². The van der Waals surface area contributed by atoms with Gasteiger partial charge >= 0.3 is 5.97 Å². The lowest BCUT2D eigenvalue weighted by Gasteiger charge is -1.99. The van der Waals surface area contributed by atoms with Crippen LogP contribution >= 0.6 is 0 Å². The minimum atomic E-state index is -0.848. The van der Waals surface area contributed by atoms with E-state index in [1.165, 1.54) is 0 Å². The van der Waals surface area contributed by atoms with E-state index >= 15 is 0 Å². The maximum Gasteiger partial charge on any atom is 0.307 e. The van der Waals surface area contributed by atoms with E-state index in [4.69, 9.17) is 5.11 Å². The molecule has 0 spiro atoms. The van der Waals surface area contributed by atoms with Gasteiger partial charge in [-0.2, -0.15) is 0 Å². The highest BCUT2D eigenvalue weighted by atomic mass is 16.4. The van der Waals surface area contributed by atoms with Crippen LogP contribution in [0.4, 0.5) is 0 Å². The number of para-hydroxylation sites is 1. The topological polar surface area (TPSA) is 68.0 Å². The Morgan fingerprint density at radius 1 is 1.57 bits per heavy atom. The van der Waals surface area contributed by atoms with Crippen LogP contribution in [0.3, 0.4) is 0 Å². The number of hydrogen-bond donors (Lipinski definition) is 1. The molecular formula is C9H9N3O2. The molecule has 0 radical (unpaired) electrons. The summed E-state index contributed by atoms with van der Waals surface area (Å²) in [5, 5.41) is 16.4. The molecule has 5 nitrogen and oxygen atoms in total. The van der Waals surface area contributed by atoms with Gasteiger partial charge in [0, 0.05) is 7.05 Å². The second-order valence-corrected chi connectivity index (χ2v) is 3.07. The molecule has 0 fully saturated rings. The number of aliphatic carboxylic acids is 1. The molecule has 72 valence electrons. The summed E-state index contributed by atoms with van der Waals surface area (Å²) in [6, 6.07) is 5.38. The van der Waals surface area contributed by atoms with Crippen molar-refractivity contribution in [3.05, 3.63) is 23.8 Å². The Morgan fingerprint density at radius 3 is 3.07 bits per heavy atom. The molecule has 1 heterocycles. The summed E-state index contributed by atoms with van der Waals surface area (Å²) < 4.78 is 1.59. The molecule has 0 saturated heterocycles. The fourth-order valence-electron chi connectivity index (χ4n) is 1.50. The first-order valence-corrected chi connectivity index (χ1v) is 4.17. The number of aryl methyl sites for hydroxylation is 1. The minimum Gasteiger partial charge on any atom is -0.481 e. The van der Waals surface area contributed by atoms with Crippen LogP contribution in [0.5, 0.6) is 0 Å². The first kappa shape index (κ1) is 8.68. The number of aromatic nitrogens is 3. The van der Waals surface area contributed by atoms with Crippen molar-refractivity contribution in [2.75, 3.05) is 0 Å². The summed E-state index contributed by atoms with van der Waals surface area (Å²) in [6.07, 6.45) is -0.00144. The molecule has 0 aliphatic rings. The summed E-state index contributed by atoms with van der Waals surface area (Å²) >= 11 is 0. The third-order valence-corrected chi connectivity index (χ3v) is 2.05. The van der Waals surface area contributed by atoms with Gasteiger partial charge in [0.25, 0.3) is 0 Å². The van der Waals surface area contributed by atoms with Gasteiger partial charge in [0.15, 0.2) is 0 Å². The molecule has 14 heavy (non-hydrogen) atoms. The van der Waals surface area contributed by atoms with Gasteiger partial charge < -0.3 is 5.11 Å². The van der Waals surface area contributed by atoms with Gasteiger partial charge in [0.2, 0.25) is 0 Å². The third kappa shape index (κ3) is 1.32. The van der Waals surface area contributed by atoms with Crippen molar-refractivity contribution < 1.29 is 9.90 Å². The van der Waals surface area contributed by atoms with Crippen LogP contribution in [0.2, 0.25) is 0 Å². The molecule has 1 aromatic heterocycles. The van der Waals surface area contributed by atoms with Crippen molar-refractivity contribution in [1.82, 2.24) is 15.0 Å². The summed E-state index contributed by atoms with van der Waals surface area (Å²) in [5.41, 5.74) is 2.25. The van der Waals surface area contributed by atoms with Crippen molar-refractivity contribution in [2.45, 2.75) is 6.42 Å². The zero-order chi connectivity index (χ0) is 10.1. The number of nitrogens with zero attached hydrogens (tertiary/aromatic N) is 3. The highest BCUT2D eigenvalue weighted by molar-refractivity contribution is 5.82. The van der Waals surface area contributed by atoms with Gasteiger partial charge in [-0.05, 0) is 11.6 Å². The first-order chi connectivity index (χ1) is 6.68. The Hall–Kier alpha value is -1.91. The molecule has 0 atom stereocenters. The molecule has 0 aliphatic carbocycles. The molecule has 5 heteroatoms. The van der Waals surface area contributed by atoms with Crippen LogP contribution in [0.25, 0.3) is 11.0 Å². The molecule has 0 saturated carbocycles. The Morgan fingerprint density at radius 2 is 2.36 bits per heavy atom. The molecule has 0 unspecified atom stereocenters. The van der Waals surface area contributed by atoms with E-state index in [1.54, 1.807) is 23.9 Å². The lowest BCUT2D eigenvalue weighted by Crippen LogP contribution is -2.02. The van der Waals surface area contributed by atoms with Crippen LogP contribution in [0.15, 0.2) is 18.2 Å². The van der Waals surface area contributed by atoms with Gasteiger partial charge in [-0.15, -0.1) is 5.10 Å². The normalized spacial score (nSPS) is 10.6. The first-order valence-electron chi connectivity index (χ1n) is 4.17. The van der Waals surface area contributed by atoms with Crippen molar-refractivity contribution in [1.29, 1.82) is 0 Å². The maximum absolute atomic E-state index is 10.6. The van der Waals surface area contributed by atoms with Crippen molar-refractivity contribution in [2.24, 2.45) is 7.05 Å². The fraction of sp³-hybridized carbons (Fsp3) is 0.222. The standard InChI is InChI=1S/C9H9N3O2/c1-12-9-6(5-8(13)14)3-2-4-7(9)10-11-12/h2-4H,5H2,1H3,(H,13,14). The van der Waals surface area contributed by atoms with E-state index in [0.717, 1.165) is 16.6 Å². The van der Waals surface area contributed by atoms with E-state index in [1.807, 2.05) is 6.07 Å². The van der Waals surface area contributed by atoms with Crippen LogP contribution in [-0.2, 0) is 18.3 Å². The average molecular weight is 191 g/mol. The summed E-state index contributed by atoms with van der Waals surface area (Å²) in [7, 11) is 1.75. The lowest BCUT2D eigenvalue weighted by molar-refractivity contribution is -0.136. The summed E-state index contributed by atoms with van der Waals surface area (Å²) in [6.45, 7) is 0. The van der Waals surface area contributed by atoms with E-state index < -0.39 is 5.97 Å². The van der Waals surface area contributed by atoms with Crippen molar-refractivity contribution in [3.8, 4) is 0 Å². The number of benzene rings is 1. The average Bonchev–Trinajstić information content (AvgIpc) is 2.48. The smallest absolute Gasteiger partial charge is 0.307 e. The number of carbonyl (C=O) groups is 1. The van der Waals surface area contributed by atoms with E-state index in [9.17, 15) is 4.79 Å². The second kappa shape index (κ2) is 3.10. The number of carboxylic acid groups (broad SMARTS) is 1. The zero-order valence-corrected chi connectivity index (χ0v) is 7.64.